The van der Waals surface area contributed by atoms with Crippen LogP contribution >= 0.6 is 0 Å². The lowest BCUT2D eigenvalue weighted by atomic mass is 10.1. The molecule has 20 heavy (non-hydrogen) atoms. The Labute approximate surface area is 113 Å². The Morgan fingerprint density at radius 1 is 1.20 bits per heavy atom. The molecule has 1 heterocycles. The molecule has 0 spiro atoms. The molecular formula is C14H12F3NO2. The molecule has 2 rings (SSSR count). The van der Waals surface area contributed by atoms with Crippen molar-refractivity contribution in [3.05, 3.63) is 59.4 Å². The third-order valence-electron chi connectivity index (χ3n) is 2.80. The Morgan fingerprint density at radius 2 is 1.95 bits per heavy atom. The van der Waals surface area contributed by atoms with Crippen LogP contribution in [-0.4, -0.2) is 17.2 Å². The van der Waals surface area contributed by atoms with Crippen LogP contribution in [0.5, 0.6) is 5.75 Å². The molecule has 0 fully saturated rings. The summed E-state index contributed by atoms with van der Waals surface area (Å²) in [5.41, 5.74) is -0.207. The van der Waals surface area contributed by atoms with E-state index in [0.29, 0.717) is 17.5 Å². The molecule has 1 N–H and O–H groups in total. The molecule has 3 nitrogen and oxygen atoms in total. The number of aliphatic hydroxyl groups is 1. The van der Waals surface area contributed by atoms with Crippen LogP contribution in [0.4, 0.5) is 13.2 Å². The lowest BCUT2D eigenvalue weighted by Crippen LogP contribution is -2.08. The number of ether oxygens (including phenoxy) is 1. The topological polar surface area (TPSA) is 42.4 Å². The molecule has 1 atom stereocenters. The monoisotopic (exact) mass is 283 g/mol. The highest BCUT2D eigenvalue weighted by Crippen LogP contribution is 2.30. The predicted octanol–water partition coefficient (Wildman–Crippen LogP) is 3.19. The van der Waals surface area contributed by atoms with Gasteiger partial charge >= 0.3 is 6.18 Å². The molecular weight excluding hydrogens is 271 g/mol. The average Bonchev–Trinajstić information content (AvgIpc) is 2.46. The van der Waals surface area contributed by atoms with E-state index in [9.17, 15) is 18.3 Å². The van der Waals surface area contributed by atoms with Gasteiger partial charge in [0.05, 0.1) is 18.4 Å². The number of pyridine rings is 1. The summed E-state index contributed by atoms with van der Waals surface area (Å²) in [7, 11) is 1.49. The van der Waals surface area contributed by atoms with Gasteiger partial charge in [0.15, 0.2) is 0 Å². The van der Waals surface area contributed by atoms with E-state index in [2.05, 4.69) is 4.98 Å². The number of alkyl halides is 3. The van der Waals surface area contributed by atoms with Gasteiger partial charge < -0.3 is 9.84 Å². The quantitative estimate of drug-likeness (QED) is 0.940. The van der Waals surface area contributed by atoms with Gasteiger partial charge in [-0.3, -0.25) is 4.98 Å². The summed E-state index contributed by atoms with van der Waals surface area (Å²) in [6.45, 7) is 0. The molecule has 1 unspecified atom stereocenters. The molecule has 0 saturated heterocycles. The summed E-state index contributed by atoms with van der Waals surface area (Å²) in [5, 5.41) is 10.1. The fourth-order valence-electron chi connectivity index (χ4n) is 1.72. The van der Waals surface area contributed by atoms with Gasteiger partial charge in [-0.2, -0.15) is 13.2 Å². The average molecular weight is 283 g/mol. The van der Waals surface area contributed by atoms with Crippen LogP contribution in [-0.2, 0) is 6.18 Å². The highest BCUT2D eigenvalue weighted by Gasteiger charge is 2.31. The normalized spacial score (nSPS) is 13.1. The summed E-state index contributed by atoms with van der Waals surface area (Å²) in [6, 6.07) is 8.69. The van der Waals surface area contributed by atoms with Gasteiger partial charge in [0.2, 0.25) is 0 Å². The molecule has 0 aliphatic carbocycles. The maximum Gasteiger partial charge on any atom is 0.417 e. The number of hydrogen-bond donors (Lipinski definition) is 1. The lowest BCUT2D eigenvalue weighted by molar-refractivity contribution is -0.137. The van der Waals surface area contributed by atoms with Crippen molar-refractivity contribution in [3.63, 3.8) is 0 Å². The van der Waals surface area contributed by atoms with Crippen LogP contribution in [0, 0.1) is 0 Å². The summed E-state index contributed by atoms with van der Waals surface area (Å²) in [5.74, 6) is 0.550. The van der Waals surface area contributed by atoms with Crippen molar-refractivity contribution in [3.8, 4) is 5.75 Å². The van der Waals surface area contributed by atoms with E-state index in [1.807, 2.05) is 0 Å². The second-order valence-corrected chi connectivity index (χ2v) is 4.15. The molecule has 106 valence electrons. The molecule has 0 amide bonds. The van der Waals surface area contributed by atoms with Crippen molar-refractivity contribution >= 4 is 0 Å². The summed E-state index contributed by atoms with van der Waals surface area (Å²) in [6.07, 6.45) is -4.84. The number of methoxy groups -OCH3 is 1. The Kier molecular flexibility index (Phi) is 3.94. The standard InChI is InChI=1S/C14H12F3NO2/c1-20-11-4-2-3-9(7-11)13(19)12-6-5-10(8-18-12)14(15,16)17/h2-8,13,19H,1H3. The van der Waals surface area contributed by atoms with E-state index < -0.39 is 17.8 Å². The van der Waals surface area contributed by atoms with E-state index in [0.717, 1.165) is 12.1 Å². The van der Waals surface area contributed by atoms with Gasteiger partial charge in [-0.25, -0.2) is 0 Å². The summed E-state index contributed by atoms with van der Waals surface area (Å²) < 4.78 is 42.3. The second-order valence-electron chi connectivity index (χ2n) is 4.15. The molecule has 1 aromatic heterocycles. The predicted molar refractivity (Wildman–Crippen MR) is 66.3 cm³/mol. The second kappa shape index (κ2) is 5.50. The molecule has 1 aromatic carbocycles. The van der Waals surface area contributed by atoms with Crippen LogP contribution in [0.3, 0.4) is 0 Å². The maximum absolute atomic E-state index is 12.4. The van der Waals surface area contributed by atoms with Crippen molar-refractivity contribution < 1.29 is 23.0 Å². The first-order valence-electron chi connectivity index (χ1n) is 5.77. The molecule has 0 bridgehead atoms. The summed E-state index contributed by atoms with van der Waals surface area (Å²) >= 11 is 0. The van der Waals surface area contributed by atoms with Crippen molar-refractivity contribution in [2.75, 3.05) is 7.11 Å². The van der Waals surface area contributed by atoms with Gasteiger partial charge in [-0.05, 0) is 29.8 Å². The number of nitrogens with zero attached hydrogens (tertiary/aromatic N) is 1. The van der Waals surface area contributed by atoms with Gasteiger partial charge in [0.25, 0.3) is 0 Å². The van der Waals surface area contributed by atoms with E-state index in [1.165, 1.54) is 7.11 Å². The maximum atomic E-state index is 12.4. The van der Waals surface area contributed by atoms with Gasteiger partial charge in [0.1, 0.15) is 11.9 Å². The number of benzene rings is 1. The van der Waals surface area contributed by atoms with Gasteiger partial charge in [0, 0.05) is 6.20 Å². The molecule has 0 aliphatic heterocycles. The van der Waals surface area contributed by atoms with Crippen molar-refractivity contribution in [1.29, 1.82) is 0 Å². The Balaban J connectivity index is 2.26. The van der Waals surface area contributed by atoms with Crippen LogP contribution in [0.15, 0.2) is 42.6 Å². The van der Waals surface area contributed by atoms with E-state index in [4.69, 9.17) is 4.74 Å². The van der Waals surface area contributed by atoms with E-state index in [1.54, 1.807) is 24.3 Å². The van der Waals surface area contributed by atoms with E-state index in [-0.39, 0.29) is 5.69 Å². The van der Waals surface area contributed by atoms with Crippen LogP contribution in [0.2, 0.25) is 0 Å². The smallest absolute Gasteiger partial charge is 0.417 e. The zero-order chi connectivity index (χ0) is 14.8. The number of aliphatic hydroxyl groups excluding tert-OH is 1. The van der Waals surface area contributed by atoms with Crippen LogP contribution in [0.25, 0.3) is 0 Å². The first-order valence-corrected chi connectivity index (χ1v) is 5.77. The molecule has 6 heteroatoms. The molecule has 0 saturated carbocycles. The number of halogens is 3. The minimum Gasteiger partial charge on any atom is -0.497 e. The highest BCUT2D eigenvalue weighted by atomic mass is 19.4. The first-order chi connectivity index (χ1) is 9.41. The van der Waals surface area contributed by atoms with Gasteiger partial charge in [-0.15, -0.1) is 0 Å². The minimum atomic E-state index is -4.44. The third kappa shape index (κ3) is 3.08. The van der Waals surface area contributed by atoms with Crippen molar-refractivity contribution in [2.45, 2.75) is 12.3 Å². The number of hydrogen-bond acceptors (Lipinski definition) is 3. The Morgan fingerprint density at radius 3 is 2.50 bits per heavy atom. The first kappa shape index (κ1) is 14.3. The number of aromatic nitrogens is 1. The SMILES string of the molecule is COc1cccc(C(O)c2ccc(C(F)(F)F)cn2)c1. The zero-order valence-corrected chi connectivity index (χ0v) is 10.6. The minimum absolute atomic E-state index is 0.145. The van der Waals surface area contributed by atoms with Crippen LogP contribution in [0.1, 0.15) is 22.9 Å². The van der Waals surface area contributed by atoms with Crippen molar-refractivity contribution in [1.82, 2.24) is 4.98 Å². The Bertz CT molecular complexity index is 582. The summed E-state index contributed by atoms with van der Waals surface area (Å²) in [4.78, 5) is 3.67. The molecule has 2 aromatic rings. The molecule has 0 aliphatic rings. The fourth-order valence-corrected chi connectivity index (χ4v) is 1.72. The highest BCUT2D eigenvalue weighted by molar-refractivity contribution is 5.33. The zero-order valence-electron chi connectivity index (χ0n) is 10.6. The molecule has 0 radical (unpaired) electrons. The largest absolute Gasteiger partial charge is 0.497 e. The van der Waals surface area contributed by atoms with Gasteiger partial charge in [-0.1, -0.05) is 12.1 Å². The van der Waals surface area contributed by atoms with E-state index >= 15 is 0 Å². The number of rotatable bonds is 3. The lowest BCUT2D eigenvalue weighted by Gasteiger charge is -2.13. The third-order valence-corrected chi connectivity index (χ3v) is 2.80. The van der Waals surface area contributed by atoms with Crippen LogP contribution < -0.4 is 4.74 Å². The fraction of sp³-hybridized carbons (Fsp3) is 0.214. The van der Waals surface area contributed by atoms with Crippen molar-refractivity contribution in [2.24, 2.45) is 0 Å². The Hall–Kier alpha value is -2.08.